The smallest absolute Gasteiger partial charge is 0.00132 e. The molecule has 0 aromatic heterocycles. The van der Waals surface area contributed by atoms with Gasteiger partial charge in [0.05, 0.1) is 0 Å². The van der Waals surface area contributed by atoms with Crippen molar-refractivity contribution in [2.75, 3.05) is 0 Å². The molecule has 3 aliphatic carbocycles. The molecule has 0 N–H and O–H groups in total. The van der Waals surface area contributed by atoms with Gasteiger partial charge in [0, 0.05) is 0 Å². The van der Waals surface area contributed by atoms with Gasteiger partial charge in [0.2, 0.25) is 0 Å². The highest BCUT2D eigenvalue weighted by Gasteiger charge is 2.30. The van der Waals surface area contributed by atoms with E-state index >= 15 is 0 Å². The van der Waals surface area contributed by atoms with Crippen molar-refractivity contribution in [2.24, 2.45) is 0 Å². The van der Waals surface area contributed by atoms with Gasteiger partial charge in [-0.15, -0.1) is 0 Å². The quantitative estimate of drug-likeness (QED) is 0.113. The second-order valence-electron chi connectivity index (χ2n) is 41.9. The minimum absolute atomic E-state index is 0.100. The van der Waals surface area contributed by atoms with Gasteiger partial charge in [-0.3, -0.25) is 0 Å². The molecular formula is C145H106. The van der Waals surface area contributed by atoms with Crippen LogP contribution in [0.15, 0.2) is 497 Å². The largest absolute Gasteiger partial charge is 0.0622 e. The summed E-state index contributed by atoms with van der Waals surface area (Å²) in [6.07, 6.45) is 2.97. The lowest BCUT2D eigenvalue weighted by Gasteiger charge is -2.22. The molecule has 28 rings (SSSR count). The van der Waals surface area contributed by atoms with Gasteiger partial charge in [-0.1, -0.05) is 497 Å². The highest BCUT2D eigenvalue weighted by Crippen LogP contribution is 2.55. The van der Waals surface area contributed by atoms with E-state index in [1.165, 1.54) is 286 Å². The van der Waals surface area contributed by atoms with Crippen molar-refractivity contribution >= 4 is 86.2 Å². The van der Waals surface area contributed by atoms with Crippen LogP contribution in [0.3, 0.4) is 0 Å². The van der Waals surface area contributed by atoms with Crippen LogP contribution >= 0.6 is 0 Å². The minimum atomic E-state index is 0.100. The van der Waals surface area contributed by atoms with Crippen LogP contribution in [0.5, 0.6) is 0 Å². The molecule has 0 radical (unpaired) electrons. The summed E-state index contributed by atoms with van der Waals surface area (Å²) in [6, 6.07) is 185. The van der Waals surface area contributed by atoms with Crippen molar-refractivity contribution in [3.05, 3.63) is 542 Å². The van der Waals surface area contributed by atoms with E-state index in [0.717, 1.165) is 19.3 Å². The summed E-state index contributed by atoms with van der Waals surface area (Å²) in [6.45, 7) is 13.7. The van der Waals surface area contributed by atoms with E-state index in [1.54, 1.807) is 0 Å². The van der Waals surface area contributed by atoms with Crippen LogP contribution in [0.25, 0.3) is 242 Å². The molecular weight excluding hydrogens is 1740 g/mol. The molecule has 0 fully saturated rings. The van der Waals surface area contributed by atoms with Crippen LogP contribution in [0.2, 0.25) is 0 Å². The Morgan fingerprint density at radius 1 is 0.124 bits per heavy atom. The topological polar surface area (TPSA) is 0 Å². The predicted octanol–water partition coefficient (Wildman–Crippen LogP) is 39.9. The fourth-order valence-electron chi connectivity index (χ4n) is 24.1. The summed E-state index contributed by atoms with van der Waals surface area (Å²) in [7, 11) is 0. The Hall–Kier alpha value is -17.4. The van der Waals surface area contributed by atoms with E-state index in [9.17, 15) is 0 Å². The van der Waals surface area contributed by atoms with Crippen molar-refractivity contribution in [2.45, 2.75) is 71.6 Å². The first-order valence-corrected chi connectivity index (χ1v) is 51.3. The van der Waals surface area contributed by atoms with Crippen LogP contribution < -0.4 is 0 Å². The second-order valence-corrected chi connectivity index (χ2v) is 41.9. The van der Waals surface area contributed by atoms with Gasteiger partial charge in [0.15, 0.2) is 0 Å². The summed E-state index contributed by atoms with van der Waals surface area (Å²) < 4.78 is 0. The standard InChI is InChI=1S/C51H34.C47H30.C47H42/c1-3-14-34(15-4-1)36-19-11-21-40(30-36)50-45-25-9-10-26-46(45)51(41-22-12-20-37(31-41)35-16-5-2-6-17-35)48-33-39(28-29-47(48)50)44-27-13-23-42-32-38-18-7-8-24-43(38)49(42)44;1-3-12-32-26-37(22-20-30(32)10-1)46-41-17-7-8-18-42(41)47(38-23-21-31-11-2-4-13-33(31)27-38)44-29-35(24-25-43(44)46)40-19-9-15-36-28-34-14-5-6-16-39(34)45(36)40;1-46(2,3)35-23-18-30(19-24-35)43-39-15-9-10-16-40(39)44(31-20-25-36(26-21-31)47(4,5)6)42-29-33(22-27-41(42)43)38-17-11-13-34-28-32-12-7-8-14-37(32)45(34)38/h1-31,33H,32H2;1-27,29H,28H2;7-27,29H,28H2,1-6H3. The zero-order valence-corrected chi connectivity index (χ0v) is 82.5. The number of benzene rings is 25. The molecule has 0 aliphatic heterocycles. The van der Waals surface area contributed by atoms with E-state index in [-0.39, 0.29) is 10.8 Å². The predicted molar refractivity (Wildman–Crippen MR) is 621 cm³/mol. The molecule has 3 aliphatic rings. The average molecular weight is 1850 g/mol. The van der Waals surface area contributed by atoms with Gasteiger partial charge in [0.1, 0.15) is 0 Å². The maximum Gasteiger partial charge on any atom is -0.00132 e. The lowest BCUT2D eigenvalue weighted by Crippen LogP contribution is -2.10. The zero-order chi connectivity index (χ0) is 97.1. The molecule has 0 saturated carbocycles. The summed E-state index contributed by atoms with van der Waals surface area (Å²) in [5, 5.41) is 20.4. The van der Waals surface area contributed by atoms with E-state index in [1.807, 2.05) is 0 Å². The van der Waals surface area contributed by atoms with E-state index in [0.29, 0.717) is 0 Å². The maximum absolute atomic E-state index is 2.47. The molecule has 25 aromatic rings. The Kier molecular flexibility index (Phi) is 21.8. The summed E-state index contributed by atoms with van der Waals surface area (Å²) in [5.74, 6) is 0. The third-order valence-electron chi connectivity index (χ3n) is 31.1. The number of hydrogen-bond acceptors (Lipinski definition) is 0. The first-order chi connectivity index (χ1) is 71.2. The van der Waals surface area contributed by atoms with Crippen LogP contribution in [0, 0.1) is 0 Å². The lowest BCUT2D eigenvalue weighted by molar-refractivity contribution is 0.590. The van der Waals surface area contributed by atoms with Crippen LogP contribution in [0.4, 0.5) is 0 Å². The Bertz CT molecular complexity index is 9500. The zero-order valence-electron chi connectivity index (χ0n) is 82.5. The molecule has 145 heavy (non-hydrogen) atoms. The maximum atomic E-state index is 2.47. The van der Waals surface area contributed by atoms with Gasteiger partial charge in [-0.25, -0.2) is 0 Å². The van der Waals surface area contributed by atoms with Crippen molar-refractivity contribution < 1.29 is 0 Å². The average Bonchev–Trinajstić information content (AvgIpc) is 1.08. The van der Waals surface area contributed by atoms with Crippen LogP contribution in [-0.2, 0) is 30.1 Å². The fraction of sp³-hybridized carbons (Fsp3) is 0.0759. The SMILES string of the molecule is CC(C)(C)c1ccc(-c2c3ccccc3c(-c3ccc(C(C)(C)C)cc3)c3cc(-c4cccc5c4-c4ccccc4C5)ccc23)cc1.c1ccc(-c2cccc(-c3c4ccccc4c(-c4cccc(-c5ccccc5)c4)c4cc(-c5cccc6c5-c5ccccc5C6)ccc34)c2)cc1.c1ccc2c(c1)Cc1cccc(-c3ccc4c(-c5ccc6ccccc6c5)c5ccccc5c(-c5ccc6ccccc6c5)c4c3)c1-2. The number of rotatable bonds is 11. The molecule has 0 heteroatoms. The molecule has 0 unspecified atom stereocenters. The van der Waals surface area contributed by atoms with Crippen molar-refractivity contribution in [1.29, 1.82) is 0 Å². The lowest BCUT2D eigenvalue weighted by atomic mass is 9.82. The van der Waals surface area contributed by atoms with Crippen molar-refractivity contribution in [3.63, 3.8) is 0 Å². The van der Waals surface area contributed by atoms with Gasteiger partial charge < -0.3 is 0 Å². The number of hydrogen-bond donors (Lipinski definition) is 0. The van der Waals surface area contributed by atoms with Gasteiger partial charge in [-0.2, -0.15) is 0 Å². The van der Waals surface area contributed by atoms with Gasteiger partial charge in [-0.05, 0) is 359 Å². The number of fused-ring (bicyclic) bond motifs is 17. The molecule has 0 atom stereocenters. The highest BCUT2D eigenvalue weighted by atomic mass is 14.3. The van der Waals surface area contributed by atoms with E-state index < -0.39 is 0 Å². The van der Waals surface area contributed by atoms with Gasteiger partial charge >= 0.3 is 0 Å². The Morgan fingerprint density at radius 2 is 0.352 bits per heavy atom. The summed E-state index contributed by atoms with van der Waals surface area (Å²) >= 11 is 0. The molecule has 0 heterocycles. The normalized spacial score (nSPS) is 12.3. The molecule has 686 valence electrons. The third kappa shape index (κ3) is 15.7. The first kappa shape index (κ1) is 87.8. The first-order valence-electron chi connectivity index (χ1n) is 51.3. The highest BCUT2D eigenvalue weighted by molar-refractivity contribution is 6.26. The molecule has 0 saturated heterocycles. The monoisotopic (exact) mass is 1850 g/mol. The molecule has 0 amide bonds. The second kappa shape index (κ2) is 36.0. The van der Waals surface area contributed by atoms with E-state index in [4.69, 9.17) is 0 Å². The minimum Gasteiger partial charge on any atom is -0.0622 e. The molecule has 0 spiro atoms. The fourth-order valence-corrected chi connectivity index (χ4v) is 24.1. The molecule has 0 bridgehead atoms. The van der Waals surface area contributed by atoms with Crippen molar-refractivity contribution in [1.82, 2.24) is 0 Å². The van der Waals surface area contributed by atoms with E-state index in [2.05, 4.69) is 539 Å². The Balaban J connectivity index is 0.000000111. The van der Waals surface area contributed by atoms with Crippen LogP contribution in [-0.4, -0.2) is 0 Å². The Labute approximate surface area is 849 Å². The Morgan fingerprint density at radius 3 is 0.690 bits per heavy atom. The summed E-state index contributed by atoms with van der Waals surface area (Å²) in [5.41, 5.74) is 47.4. The molecule has 25 aromatic carbocycles. The molecule has 0 nitrogen and oxygen atoms in total. The third-order valence-corrected chi connectivity index (χ3v) is 31.1. The summed E-state index contributed by atoms with van der Waals surface area (Å²) in [4.78, 5) is 0. The van der Waals surface area contributed by atoms with Crippen molar-refractivity contribution in [3.8, 4) is 156 Å². The van der Waals surface area contributed by atoms with Gasteiger partial charge in [0.25, 0.3) is 0 Å². The van der Waals surface area contributed by atoms with Crippen LogP contribution in [0.1, 0.15) is 86.1 Å².